The fourth-order valence-corrected chi connectivity index (χ4v) is 2.42. The fraction of sp³-hybridized carbons (Fsp3) is 0.167. The summed E-state index contributed by atoms with van der Waals surface area (Å²) in [6.07, 6.45) is 0. The largest absolute Gasteiger partial charge is 0.497 e. The topological polar surface area (TPSA) is 39.4 Å². The van der Waals surface area contributed by atoms with E-state index >= 15 is 0 Å². The van der Waals surface area contributed by atoms with Crippen LogP contribution in [0.1, 0.15) is 27.2 Å². The minimum Gasteiger partial charge on any atom is -0.497 e. The van der Waals surface area contributed by atoms with Gasteiger partial charge in [-0.05, 0) is 50.2 Å². The Labute approximate surface area is 123 Å². The quantitative estimate of drug-likeness (QED) is 0.672. The molecule has 21 heavy (non-hydrogen) atoms. The predicted molar refractivity (Wildman–Crippen MR) is 82.1 cm³/mol. The molecule has 0 aliphatic rings. The van der Waals surface area contributed by atoms with Crippen LogP contribution >= 0.6 is 0 Å². The SMILES string of the molecule is COc1ccc(C(=O)c2oc3ccc(C)cc3c2C)cc1. The van der Waals surface area contributed by atoms with Gasteiger partial charge in [0.1, 0.15) is 11.3 Å². The molecule has 1 heterocycles. The molecule has 0 N–H and O–H groups in total. The number of carbonyl (C=O) groups is 1. The first kappa shape index (κ1) is 13.4. The second-order valence-corrected chi connectivity index (χ2v) is 5.11. The number of rotatable bonds is 3. The maximum absolute atomic E-state index is 12.6. The zero-order chi connectivity index (χ0) is 15.0. The van der Waals surface area contributed by atoms with Crippen LogP contribution in [0.3, 0.4) is 0 Å². The normalized spacial score (nSPS) is 10.8. The Balaban J connectivity index is 2.06. The summed E-state index contributed by atoms with van der Waals surface area (Å²) in [5.41, 5.74) is 3.37. The third-order valence-corrected chi connectivity index (χ3v) is 3.65. The van der Waals surface area contributed by atoms with Crippen molar-refractivity contribution in [3.05, 3.63) is 64.9 Å². The third-order valence-electron chi connectivity index (χ3n) is 3.65. The highest BCUT2D eigenvalue weighted by molar-refractivity contribution is 6.10. The maximum atomic E-state index is 12.6. The monoisotopic (exact) mass is 280 g/mol. The predicted octanol–water partition coefficient (Wildman–Crippen LogP) is 4.29. The molecule has 3 nitrogen and oxygen atoms in total. The molecule has 2 aromatic carbocycles. The number of aryl methyl sites for hydroxylation is 2. The van der Waals surface area contributed by atoms with Gasteiger partial charge in [0.25, 0.3) is 0 Å². The van der Waals surface area contributed by atoms with Gasteiger partial charge in [-0.15, -0.1) is 0 Å². The van der Waals surface area contributed by atoms with Gasteiger partial charge < -0.3 is 9.15 Å². The van der Waals surface area contributed by atoms with Gasteiger partial charge in [-0.25, -0.2) is 0 Å². The summed E-state index contributed by atoms with van der Waals surface area (Å²) in [5.74, 6) is 1.02. The van der Waals surface area contributed by atoms with Gasteiger partial charge in [0, 0.05) is 16.5 Å². The lowest BCUT2D eigenvalue weighted by molar-refractivity contribution is 0.101. The molecule has 0 aliphatic heterocycles. The van der Waals surface area contributed by atoms with Crippen molar-refractivity contribution < 1.29 is 13.9 Å². The van der Waals surface area contributed by atoms with Crippen LogP contribution in [0.4, 0.5) is 0 Å². The number of fused-ring (bicyclic) bond motifs is 1. The number of ether oxygens (including phenoxy) is 1. The third kappa shape index (κ3) is 2.31. The summed E-state index contributed by atoms with van der Waals surface area (Å²) in [6, 6.07) is 13.0. The van der Waals surface area contributed by atoms with E-state index in [-0.39, 0.29) is 5.78 Å². The number of furan rings is 1. The fourth-order valence-electron chi connectivity index (χ4n) is 2.42. The van der Waals surface area contributed by atoms with Crippen molar-refractivity contribution in [1.29, 1.82) is 0 Å². The lowest BCUT2D eigenvalue weighted by atomic mass is 10.0. The highest BCUT2D eigenvalue weighted by Gasteiger charge is 2.19. The molecule has 0 radical (unpaired) electrons. The number of ketones is 1. The van der Waals surface area contributed by atoms with Gasteiger partial charge in [-0.2, -0.15) is 0 Å². The van der Waals surface area contributed by atoms with E-state index in [9.17, 15) is 4.79 Å². The standard InChI is InChI=1S/C18H16O3/c1-11-4-9-16-15(10-11)12(2)18(21-16)17(19)13-5-7-14(20-3)8-6-13/h4-10H,1-3H3. The van der Waals surface area contributed by atoms with Crippen molar-refractivity contribution in [3.8, 4) is 5.75 Å². The van der Waals surface area contributed by atoms with E-state index in [1.165, 1.54) is 0 Å². The first-order valence-corrected chi connectivity index (χ1v) is 6.78. The summed E-state index contributed by atoms with van der Waals surface area (Å²) in [4.78, 5) is 12.6. The van der Waals surface area contributed by atoms with Gasteiger partial charge >= 0.3 is 0 Å². The van der Waals surface area contributed by atoms with Crippen LogP contribution in [-0.2, 0) is 0 Å². The first-order valence-electron chi connectivity index (χ1n) is 6.78. The van der Waals surface area contributed by atoms with Gasteiger partial charge in [0.05, 0.1) is 7.11 Å². The van der Waals surface area contributed by atoms with Crippen molar-refractivity contribution in [2.75, 3.05) is 7.11 Å². The maximum Gasteiger partial charge on any atom is 0.228 e. The van der Waals surface area contributed by atoms with E-state index in [1.807, 2.05) is 32.0 Å². The van der Waals surface area contributed by atoms with Gasteiger partial charge in [-0.3, -0.25) is 4.79 Å². The minimum atomic E-state index is -0.107. The zero-order valence-electron chi connectivity index (χ0n) is 12.3. The van der Waals surface area contributed by atoms with E-state index in [2.05, 4.69) is 0 Å². The van der Waals surface area contributed by atoms with Gasteiger partial charge in [0.15, 0.2) is 5.76 Å². The molecule has 3 heteroatoms. The summed E-state index contributed by atoms with van der Waals surface area (Å²) < 4.78 is 10.9. The number of benzene rings is 2. The Hall–Kier alpha value is -2.55. The molecule has 0 fully saturated rings. The molecule has 0 aliphatic carbocycles. The van der Waals surface area contributed by atoms with E-state index in [0.29, 0.717) is 11.3 Å². The molecule has 3 rings (SSSR count). The molecule has 0 amide bonds. The average Bonchev–Trinajstić information content (AvgIpc) is 2.83. The summed E-state index contributed by atoms with van der Waals surface area (Å²) in [7, 11) is 1.60. The Morgan fingerprint density at radius 2 is 1.76 bits per heavy atom. The van der Waals surface area contributed by atoms with Crippen LogP contribution in [0.2, 0.25) is 0 Å². The zero-order valence-corrected chi connectivity index (χ0v) is 12.3. The average molecular weight is 280 g/mol. The molecule has 0 saturated heterocycles. The Kier molecular flexibility index (Phi) is 3.26. The molecule has 0 bridgehead atoms. The molecular weight excluding hydrogens is 264 g/mol. The molecule has 3 aromatic rings. The summed E-state index contributed by atoms with van der Waals surface area (Å²) in [6.45, 7) is 3.94. The van der Waals surface area contributed by atoms with Crippen molar-refractivity contribution >= 4 is 16.8 Å². The van der Waals surface area contributed by atoms with E-state index < -0.39 is 0 Å². The van der Waals surface area contributed by atoms with Crippen LogP contribution in [-0.4, -0.2) is 12.9 Å². The molecule has 1 aromatic heterocycles. The number of hydrogen-bond donors (Lipinski definition) is 0. The first-order chi connectivity index (χ1) is 10.1. The number of methoxy groups -OCH3 is 1. The lowest BCUT2D eigenvalue weighted by Crippen LogP contribution is -2.01. The smallest absolute Gasteiger partial charge is 0.228 e. The van der Waals surface area contributed by atoms with E-state index in [0.717, 1.165) is 27.8 Å². The van der Waals surface area contributed by atoms with Crippen LogP contribution in [0.5, 0.6) is 5.75 Å². The molecule has 0 saturated carbocycles. The summed E-state index contributed by atoms with van der Waals surface area (Å²) >= 11 is 0. The summed E-state index contributed by atoms with van der Waals surface area (Å²) in [5, 5.41) is 0.992. The van der Waals surface area contributed by atoms with Crippen LogP contribution < -0.4 is 4.74 Å². The van der Waals surface area contributed by atoms with Crippen LogP contribution in [0.25, 0.3) is 11.0 Å². The molecule has 0 unspecified atom stereocenters. The van der Waals surface area contributed by atoms with Gasteiger partial charge in [0.2, 0.25) is 5.78 Å². The lowest BCUT2D eigenvalue weighted by Gasteiger charge is -2.01. The second kappa shape index (κ2) is 5.09. The molecule has 0 spiro atoms. The van der Waals surface area contributed by atoms with Crippen molar-refractivity contribution in [3.63, 3.8) is 0 Å². The highest BCUT2D eigenvalue weighted by Crippen LogP contribution is 2.28. The molecule has 106 valence electrons. The Morgan fingerprint density at radius 1 is 1.05 bits per heavy atom. The second-order valence-electron chi connectivity index (χ2n) is 5.11. The van der Waals surface area contributed by atoms with E-state index in [4.69, 9.17) is 9.15 Å². The van der Waals surface area contributed by atoms with Crippen LogP contribution in [0.15, 0.2) is 46.9 Å². The number of hydrogen-bond acceptors (Lipinski definition) is 3. The molecule has 0 atom stereocenters. The van der Waals surface area contributed by atoms with Crippen molar-refractivity contribution in [1.82, 2.24) is 0 Å². The number of carbonyl (C=O) groups excluding carboxylic acids is 1. The highest BCUT2D eigenvalue weighted by atomic mass is 16.5. The van der Waals surface area contributed by atoms with Crippen molar-refractivity contribution in [2.24, 2.45) is 0 Å². The Morgan fingerprint density at radius 3 is 2.43 bits per heavy atom. The van der Waals surface area contributed by atoms with Crippen LogP contribution in [0, 0.1) is 13.8 Å². The Bertz CT molecular complexity index is 810. The van der Waals surface area contributed by atoms with Gasteiger partial charge in [-0.1, -0.05) is 11.6 Å². The van der Waals surface area contributed by atoms with E-state index in [1.54, 1.807) is 31.4 Å². The van der Waals surface area contributed by atoms with Crippen molar-refractivity contribution in [2.45, 2.75) is 13.8 Å². The molecular formula is C18H16O3. The minimum absolute atomic E-state index is 0.107.